The number of carbonyl (C=O) groups excluding carboxylic acids is 1. The van der Waals surface area contributed by atoms with E-state index < -0.39 is 29.8 Å². The van der Waals surface area contributed by atoms with Crippen LogP contribution >= 0.6 is 0 Å². The van der Waals surface area contributed by atoms with Gasteiger partial charge in [-0.2, -0.15) is 18.4 Å². The van der Waals surface area contributed by atoms with Gasteiger partial charge in [0.15, 0.2) is 5.75 Å². The molecule has 0 radical (unpaired) electrons. The summed E-state index contributed by atoms with van der Waals surface area (Å²) in [5.41, 5.74) is 1.48. The van der Waals surface area contributed by atoms with Crippen LogP contribution in [0.5, 0.6) is 5.75 Å². The van der Waals surface area contributed by atoms with Gasteiger partial charge >= 0.3 is 18.2 Å². The second kappa shape index (κ2) is 14.9. The van der Waals surface area contributed by atoms with Crippen molar-refractivity contribution in [3.63, 3.8) is 0 Å². The molecule has 1 amide bonds. The van der Waals surface area contributed by atoms with E-state index in [1.807, 2.05) is 38.1 Å². The van der Waals surface area contributed by atoms with Crippen molar-refractivity contribution in [2.75, 3.05) is 23.0 Å². The minimum atomic E-state index is -4.66. The maximum absolute atomic E-state index is 13.8. The van der Waals surface area contributed by atoms with Crippen LogP contribution in [0.1, 0.15) is 79.8 Å². The zero-order valence-electron chi connectivity index (χ0n) is 25.9. The molecule has 0 bridgehead atoms. The van der Waals surface area contributed by atoms with Crippen molar-refractivity contribution >= 4 is 23.7 Å². The van der Waals surface area contributed by atoms with Crippen molar-refractivity contribution in [2.24, 2.45) is 0 Å². The quantitative estimate of drug-likeness (QED) is 0.205. The number of aryl methyl sites for hydroxylation is 1. The fourth-order valence-corrected chi connectivity index (χ4v) is 5.56. The first-order valence-corrected chi connectivity index (χ1v) is 15.1. The van der Waals surface area contributed by atoms with Gasteiger partial charge in [-0.05, 0) is 74.9 Å². The number of aromatic nitrogens is 2. The monoisotopic (exact) mass is 639 g/mol. The Morgan fingerprint density at radius 3 is 2.50 bits per heavy atom. The number of amides is 1. The summed E-state index contributed by atoms with van der Waals surface area (Å²) < 4.78 is 52.5. The van der Waals surface area contributed by atoms with Crippen molar-refractivity contribution in [2.45, 2.75) is 77.7 Å². The second-order valence-corrected chi connectivity index (χ2v) is 11.0. The Balaban J connectivity index is 1.77. The van der Waals surface area contributed by atoms with E-state index in [0.717, 1.165) is 23.3 Å². The Morgan fingerprint density at radius 1 is 1.13 bits per heavy atom. The number of hydrogen-bond donors (Lipinski definition) is 1. The summed E-state index contributed by atoms with van der Waals surface area (Å²) in [6.07, 6.45) is -0.240. The van der Waals surface area contributed by atoms with Gasteiger partial charge in [0.25, 0.3) is 0 Å². The van der Waals surface area contributed by atoms with E-state index in [-0.39, 0.29) is 49.3 Å². The molecule has 1 aliphatic rings. The smallest absolute Gasteiger partial charge is 0.416 e. The molecule has 1 aromatic heterocycles. The fourth-order valence-electron chi connectivity index (χ4n) is 5.56. The van der Waals surface area contributed by atoms with E-state index in [0.29, 0.717) is 37.1 Å². The van der Waals surface area contributed by atoms with E-state index in [2.05, 4.69) is 9.97 Å². The van der Waals surface area contributed by atoms with E-state index in [1.54, 1.807) is 16.7 Å². The van der Waals surface area contributed by atoms with Crippen molar-refractivity contribution in [1.29, 1.82) is 5.26 Å². The number of fused-ring (bicyclic) bond motifs is 1. The highest BCUT2D eigenvalue weighted by Gasteiger charge is 2.40. The summed E-state index contributed by atoms with van der Waals surface area (Å²) in [7, 11) is 0. The summed E-state index contributed by atoms with van der Waals surface area (Å²) in [5, 5.41) is 18.3. The zero-order chi connectivity index (χ0) is 33.4. The molecule has 0 saturated carbocycles. The van der Waals surface area contributed by atoms with E-state index in [9.17, 15) is 28.0 Å². The third-order valence-corrected chi connectivity index (χ3v) is 7.70. The van der Waals surface area contributed by atoms with Crippen LogP contribution < -0.4 is 14.5 Å². The molecule has 1 aliphatic heterocycles. The van der Waals surface area contributed by atoms with Gasteiger partial charge in [0.1, 0.15) is 0 Å². The normalized spacial score (nSPS) is 15.9. The molecule has 2 aromatic carbocycles. The second-order valence-electron chi connectivity index (χ2n) is 11.0. The van der Waals surface area contributed by atoms with Crippen LogP contribution in [0.4, 0.5) is 29.6 Å². The highest BCUT2D eigenvalue weighted by molar-refractivity contribution is 5.90. The van der Waals surface area contributed by atoms with E-state index >= 15 is 0 Å². The number of rotatable bonds is 12. The Kier molecular flexibility index (Phi) is 11.1. The number of aliphatic carboxylic acids is 1. The molecule has 0 spiro atoms. The molecule has 244 valence electrons. The highest BCUT2D eigenvalue weighted by Crippen LogP contribution is 2.44. The van der Waals surface area contributed by atoms with Crippen LogP contribution in [-0.2, 0) is 22.3 Å². The maximum atomic E-state index is 13.8. The van der Waals surface area contributed by atoms with Gasteiger partial charge in [-0.25, -0.2) is 14.8 Å². The molecular weight excluding hydrogens is 603 g/mol. The number of carboxylic acid groups (broad SMARTS) is 1. The molecule has 46 heavy (non-hydrogen) atoms. The molecule has 10 nitrogen and oxygen atoms in total. The number of halogens is 3. The lowest BCUT2D eigenvalue weighted by Gasteiger charge is -2.44. The number of hydrogen-bond acceptors (Lipinski definition) is 8. The zero-order valence-corrected chi connectivity index (χ0v) is 25.9. The van der Waals surface area contributed by atoms with Crippen LogP contribution in [0.3, 0.4) is 0 Å². The first-order chi connectivity index (χ1) is 21.9. The summed E-state index contributed by atoms with van der Waals surface area (Å²) in [6.45, 7) is 5.98. The summed E-state index contributed by atoms with van der Waals surface area (Å²) in [6, 6.07) is 9.98. The average Bonchev–Trinajstić information content (AvgIpc) is 3.02. The Morgan fingerprint density at radius 2 is 1.87 bits per heavy atom. The minimum Gasteiger partial charge on any atom is -0.490 e. The molecule has 4 rings (SSSR count). The summed E-state index contributed by atoms with van der Waals surface area (Å²) in [4.78, 5) is 36.4. The largest absolute Gasteiger partial charge is 0.490 e. The van der Waals surface area contributed by atoms with Gasteiger partial charge in [-0.3, -0.25) is 9.69 Å². The van der Waals surface area contributed by atoms with Crippen LogP contribution in [0, 0.1) is 18.3 Å². The van der Waals surface area contributed by atoms with Gasteiger partial charge in [0, 0.05) is 19.0 Å². The molecule has 1 N–H and O–H groups in total. The number of anilines is 2. The predicted octanol–water partition coefficient (Wildman–Crippen LogP) is 7.20. The number of ether oxygens (including phenoxy) is 2. The number of carboxylic acids is 1. The van der Waals surface area contributed by atoms with E-state index in [4.69, 9.17) is 14.6 Å². The number of nitrogens with zero attached hydrogens (tertiary/aromatic N) is 5. The van der Waals surface area contributed by atoms with Crippen molar-refractivity contribution in [3.8, 4) is 11.8 Å². The third kappa shape index (κ3) is 8.24. The number of benzene rings is 2. The molecular formula is C33H36F3N5O5. The minimum absolute atomic E-state index is 0.0332. The van der Waals surface area contributed by atoms with E-state index in [1.165, 1.54) is 18.5 Å². The van der Waals surface area contributed by atoms with Gasteiger partial charge in [0.2, 0.25) is 5.95 Å². The molecule has 0 aliphatic carbocycles. The number of unbranched alkanes of at least 4 members (excludes halogenated alkanes) is 1. The average molecular weight is 640 g/mol. The van der Waals surface area contributed by atoms with Gasteiger partial charge in [-0.15, -0.1) is 0 Å². The number of nitriles is 1. The Hall–Kier alpha value is -4.86. The standard InChI is InChI=1S/C33H36F3N5O5/c1-4-25-16-29(27-12-21(3)9-10-28(27)41(25)32(44)45-5-2)40(20-23-13-22(17-37)14-24(15-23)33(34,35)36)31-38-18-26(19-39-31)46-11-7-6-8-30(42)43/h9-10,12-15,18-19,25,29H,4-8,11,16,20H2,1-3H3,(H,42,43)/t25-,29+/m1/s1. The molecule has 0 fully saturated rings. The van der Waals surface area contributed by atoms with Crippen LogP contribution in [-0.4, -0.2) is 46.4 Å². The van der Waals surface area contributed by atoms with Crippen molar-refractivity contribution in [3.05, 3.63) is 76.6 Å². The molecule has 0 saturated heterocycles. The number of carbonyl (C=O) groups is 2. The Labute approximate surface area is 265 Å². The Bertz CT molecular complexity index is 1580. The van der Waals surface area contributed by atoms with Crippen LogP contribution in [0.15, 0.2) is 48.8 Å². The molecule has 3 aromatic rings. The number of alkyl halides is 3. The third-order valence-electron chi connectivity index (χ3n) is 7.70. The lowest BCUT2D eigenvalue weighted by molar-refractivity contribution is -0.138. The van der Waals surface area contributed by atoms with Gasteiger partial charge < -0.3 is 19.5 Å². The first kappa shape index (κ1) is 34.0. The molecule has 2 atom stereocenters. The lowest BCUT2D eigenvalue weighted by Crippen LogP contribution is -2.48. The van der Waals surface area contributed by atoms with Crippen molar-refractivity contribution < 1.29 is 37.3 Å². The highest BCUT2D eigenvalue weighted by atomic mass is 19.4. The SMILES string of the molecule is CCOC(=O)N1c2ccc(C)cc2[C@@H](N(Cc2cc(C#N)cc(C(F)(F)F)c2)c2ncc(OCCCCC(=O)O)cn2)C[C@H]1CC. The molecule has 2 heterocycles. The van der Waals surface area contributed by atoms with Gasteiger partial charge in [-0.1, -0.05) is 24.6 Å². The molecule has 13 heteroatoms. The topological polar surface area (TPSA) is 129 Å². The fraction of sp³-hybridized carbons (Fsp3) is 0.424. The summed E-state index contributed by atoms with van der Waals surface area (Å²) in [5.74, 6) is -0.318. The van der Waals surface area contributed by atoms with Crippen LogP contribution in [0.25, 0.3) is 0 Å². The first-order valence-electron chi connectivity index (χ1n) is 15.1. The van der Waals surface area contributed by atoms with Crippen LogP contribution in [0.2, 0.25) is 0 Å². The lowest BCUT2D eigenvalue weighted by atomic mass is 9.87. The predicted molar refractivity (Wildman–Crippen MR) is 163 cm³/mol. The summed E-state index contributed by atoms with van der Waals surface area (Å²) >= 11 is 0. The maximum Gasteiger partial charge on any atom is 0.416 e. The van der Waals surface area contributed by atoms with Crippen molar-refractivity contribution in [1.82, 2.24) is 9.97 Å². The van der Waals surface area contributed by atoms with Gasteiger partial charge in [0.05, 0.1) is 54.5 Å². The molecule has 0 unspecified atom stereocenters.